The summed E-state index contributed by atoms with van der Waals surface area (Å²) in [5, 5.41) is 14.3. The molecule has 2 N–H and O–H groups in total. The average molecular weight is 355 g/mol. The summed E-state index contributed by atoms with van der Waals surface area (Å²) in [4.78, 5) is 24.3. The molecule has 3 rings (SSSR count). The maximum absolute atomic E-state index is 12.0. The second-order valence-corrected chi connectivity index (χ2v) is 7.25. The van der Waals surface area contributed by atoms with Crippen LogP contribution in [-0.2, 0) is 5.41 Å². The van der Waals surface area contributed by atoms with Crippen molar-refractivity contribution >= 4 is 28.4 Å². The van der Waals surface area contributed by atoms with E-state index in [4.69, 9.17) is 0 Å². The summed E-state index contributed by atoms with van der Waals surface area (Å²) in [7, 11) is 0. The van der Waals surface area contributed by atoms with Crippen LogP contribution in [0.2, 0.25) is 0 Å². The predicted octanol–water partition coefficient (Wildman–Crippen LogP) is 3.33. The van der Waals surface area contributed by atoms with Crippen LogP contribution in [0.1, 0.15) is 26.3 Å². The highest BCUT2D eigenvalue weighted by molar-refractivity contribution is 7.18. The highest BCUT2D eigenvalue weighted by Gasteiger charge is 2.15. The van der Waals surface area contributed by atoms with Crippen molar-refractivity contribution in [3.05, 3.63) is 42.5 Å². The van der Waals surface area contributed by atoms with Crippen LogP contribution in [0.3, 0.4) is 0 Å². The summed E-state index contributed by atoms with van der Waals surface area (Å²) in [6, 6.07) is 3.19. The maximum Gasteiger partial charge on any atom is 0.327 e. The Morgan fingerprint density at radius 1 is 1.04 bits per heavy atom. The summed E-state index contributed by atoms with van der Waals surface area (Å²) in [5.41, 5.74) is 1.84. The Morgan fingerprint density at radius 2 is 1.72 bits per heavy atom. The Balaban J connectivity index is 1.62. The van der Waals surface area contributed by atoms with Crippen molar-refractivity contribution in [1.29, 1.82) is 0 Å². The molecule has 2 amide bonds. The number of hydrogen-bond acceptors (Lipinski definition) is 7. The topological polar surface area (TPSA) is 106 Å². The molecule has 0 atom stereocenters. The van der Waals surface area contributed by atoms with Gasteiger partial charge < -0.3 is 0 Å². The molecule has 0 aliphatic heterocycles. The first-order chi connectivity index (χ1) is 11.9. The number of carbonyl (C=O) groups excluding carboxylic acids is 1. The summed E-state index contributed by atoms with van der Waals surface area (Å²) in [6.07, 6.45) is 6.76. The largest absolute Gasteiger partial charge is 0.327 e. The van der Waals surface area contributed by atoms with Crippen LogP contribution in [0.15, 0.2) is 36.9 Å². The van der Waals surface area contributed by atoms with E-state index < -0.39 is 6.03 Å². The molecule has 0 fully saturated rings. The molecule has 0 aliphatic carbocycles. The molecule has 0 bridgehead atoms. The molecule has 9 heteroatoms. The fourth-order valence-electron chi connectivity index (χ4n) is 1.89. The minimum atomic E-state index is -0.471. The molecule has 0 radical (unpaired) electrons. The van der Waals surface area contributed by atoms with Gasteiger partial charge in [0.15, 0.2) is 0 Å². The van der Waals surface area contributed by atoms with E-state index in [0.29, 0.717) is 10.1 Å². The summed E-state index contributed by atoms with van der Waals surface area (Å²) >= 11 is 1.27. The van der Waals surface area contributed by atoms with E-state index >= 15 is 0 Å². The van der Waals surface area contributed by atoms with Gasteiger partial charge in [-0.3, -0.25) is 15.6 Å². The van der Waals surface area contributed by atoms with Crippen molar-refractivity contribution in [1.82, 2.24) is 25.1 Å². The molecule has 25 heavy (non-hydrogen) atoms. The number of amides is 2. The van der Waals surface area contributed by atoms with Gasteiger partial charge in [0.1, 0.15) is 5.01 Å². The molecule has 0 saturated heterocycles. The highest BCUT2D eigenvalue weighted by atomic mass is 32.1. The van der Waals surface area contributed by atoms with E-state index in [9.17, 15) is 4.79 Å². The van der Waals surface area contributed by atoms with Crippen molar-refractivity contribution in [2.24, 2.45) is 0 Å². The quantitative estimate of drug-likeness (QED) is 0.746. The third-order valence-corrected chi connectivity index (χ3v) is 4.20. The monoisotopic (exact) mass is 355 g/mol. The van der Waals surface area contributed by atoms with Gasteiger partial charge in [-0.15, -0.1) is 10.2 Å². The van der Waals surface area contributed by atoms with Gasteiger partial charge in [0.25, 0.3) is 0 Å². The van der Waals surface area contributed by atoms with Crippen molar-refractivity contribution < 1.29 is 4.79 Å². The van der Waals surface area contributed by atoms with Crippen molar-refractivity contribution in [2.75, 3.05) is 10.6 Å². The molecular weight excluding hydrogens is 338 g/mol. The van der Waals surface area contributed by atoms with Gasteiger partial charge in [0, 0.05) is 30.4 Å². The molecule has 8 nitrogen and oxygen atoms in total. The van der Waals surface area contributed by atoms with Crippen LogP contribution in [0.5, 0.6) is 0 Å². The van der Waals surface area contributed by atoms with Crippen LogP contribution < -0.4 is 10.6 Å². The summed E-state index contributed by atoms with van der Waals surface area (Å²) in [6.45, 7) is 6.21. The van der Waals surface area contributed by atoms with Crippen LogP contribution in [0.25, 0.3) is 10.6 Å². The minimum Gasteiger partial charge on any atom is -0.282 e. The Hall–Kier alpha value is -2.94. The number of nitrogens with one attached hydrogen (secondary N) is 2. The number of carbonyl (C=O) groups is 1. The van der Waals surface area contributed by atoms with Crippen molar-refractivity contribution in [3.63, 3.8) is 0 Å². The van der Waals surface area contributed by atoms with E-state index in [1.807, 2.05) is 12.1 Å². The molecule has 0 unspecified atom stereocenters. The second kappa shape index (κ2) is 6.89. The van der Waals surface area contributed by atoms with Crippen molar-refractivity contribution in [2.45, 2.75) is 26.2 Å². The lowest BCUT2D eigenvalue weighted by molar-refractivity contribution is 0.262. The fourth-order valence-corrected chi connectivity index (χ4v) is 2.64. The first kappa shape index (κ1) is 16.9. The average Bonchev–Trinajstić information content (AvgIpc) is 3.03. The van der Waals surface area contributed by atoms with Crippen LogP contribution in [0.4, 0.5) is 15.9 Å². The number of nitrogens with zero attached hydrogens (tertiary/aromatic N) is 5. The molecule has 3 aromatic rings. The van der Waals surface area contributed by atoms with Gasteiger partial charge in [0.05, 0.1) is 0 Å². The van der Waals surface area contributed by atoms with Gasteiger partial charge in [-0.25, -0.2) is 14.8 Å². The number of rotatable bonds is 3. The fraction of sp³-hybridized carbons (Fsp3) is 0.250. The predicted molar refractivity (Wildman–Crippen MR) is 96.5 cm³/mol. The molecule has 0 saturated carbocycles. The van der Waals surface area contributed by atoms with Gasteiger partial charge in [-0.1, -0.05) is 32.1 Å². The molecule has 0 spiro atoms. The maximum atomic E-state index is 12.0. The Bertz CT molecular complexity index is 856. The second-order valence-electron chi connectivity index (χ2n) is 6.27. The molecule has 128 valence electrons. The van der Waals surface area contributed by atoms with E-state index in [0.717, 1.165) is 11.1 Å². The van der Waals surface area contributed by atoms with Crippen LogP contribution in [-0.4, -0.2) is 31.2 Å². The zero-order chi connectivity index (χ0) is 17.9. The summed E-state index contributed by atoms with van der Waals surface area (Å²) in [5.74, 6) is 0.226. The summed E-state index contributed by atoms with van der Waals surface area (Å²) < 4.78 is 0. The third-order valence-electron chi connectivity index (χ3n) is 3.32. The smallest absolute Gasteiger partial charge is 0.282 e. The molecular formula is C16H17N7OS. The number of pyridine rings is 1. The van der Waals surface area contributed by atoms with E-state index in [2.05, 4.69) is 56.6 Å². The van der Waals surface area contributed by atoms with E-state index in [1.54, 1.807) is 24.8 Å². The SMILES string of the molecule is CC(C)(C)c1cnc(NC(=O)Nc2nnc(-c3ccncc3)s2)nc1. The van der Waals surface area contributed by atoms with Gasteiger partial charge >= 0.3 is 6.03 Å². The standard InChI is InChI=1S/C16H17N7OS/c1-16(2,3)11-8-18-13(19-9-11)20-14(24)21-15-23-22-12(25-15)10-4-6-17-7-5-10/h4-9H,1-3H3,(H2,18,19,20,21,23,24). The van der Waals surface area contributed by atoms with Crippen LogP contribution >= 0.6 is 11.3 Å². The number of aromatic nitrogens is 5. The zero-order valence-corrected chi connectivity index (χ0v) is 14.8. The molecule has 3 heterocycles. The number of anilines is 2. The van der Waals surface area contributed by atoms with Gasteiger partial charge in [-0.2, -0.15) is 0 Å². The van der Waals surface area contributed by atoms with Gasteiger partial charge in [-0.05, 0) is 23.1 Å². The number of hydrogen-bond donors (Lipinski definition) is 2. The van der Waals surface area contributed by atoms with E-state index in [1.165, 1.54) is 11.3 Å². The Kier molecular flexibility index (Phi) is 4.66. The lowest BCUT2D eigenvalue weighted by Gasteiger charge is -2.17. The minimum absolute atomic E-state index is 0.0449. The van der Waals surface area contributed by atoms with Gasteiger partial charge in [0.2, 0.25) is 11.1 Å². The lowest BCUT2D eigenvalue weighted by Crippen LogP contribution is -2.21. The van der Waals surface area contributed by atoms with E-state index in [-0.39, 0.29) is 11.4 Å². The zero-order valence-electron chi connectivity index (χ0n) is 14.0. The first-order valence-corrected chi connectivity index (χ1v) is 8.38. The highest BCUT2D eigenvalue weighted by Crippen LogP contribution is 2.25. The van der Waals surface area contributed by atoms with Crippen LogP contribution in [0, 0.1) is 0 Å². The van der Waals surface area contributed by atoms with Crippen molar-refractivity contribution in [3.8, 4) is 10.6 Å². The lowest BCUT2D eigenvalue weighted by atomic mass is 9.89. The first-order valence-electron chi connectivity index (χ1n) is 7.56. The normalized spacial score (nSPS) is 11.2. The Morgan fingerprint density at radius 3 is 2.36 bits per heavy atom. The number of urea groups is 1. The molecule has 0 aromatic carbocycles. The Labute approximate surface area is 148 Å². The third kappa shape index (κ3) is 4.32. The molecule has 0 aliphatic rings. The molecule has 3 aromatic heterocycles.